The molecule has 0 atom stereocenters. The second kappa shape index (κ2) is 8.17. The molecule has 2 N–H and O–H groups in total. The number of benzene rings is 1. The lowest BCUT2D eigenvalue weighted by molar-refractivity contribution is -0.129. The van der Waals surface area contributed by atoms with Gasteiger partial charge in [-0.15, -0.1) is 0 Å². The molecule has 8 heteroatoms. The van der Waals surface area contributed by atoms with Crippen LogP contribution in [0.3, 0.4) is 0 Å². The van der Waals surface area contributed by atoms with Crippen LogP contribution in [0.1, 0.15) is 11.1 Å². The van der Waals surface area contributed by atoms with Crippen LogP contribution in [0.25, 0.3) is 11.0 Å². The minimum Gasteiger partial charge on any atom is -0.497 e. The van der Waals surface area contributed by atoms with Crippen molar-refractivity contribution in [2.24, 2.45) is 0 Å². The van der Waals surface area contributed by atoms with E-state index in [-0.39, 0.29) is 11.9 Å². The molecule has 0 radical (unpaired) electrons. The molecule has 0 unspecified atom stereocenters. The van der Waals surface area contributed by atoms with Crippen LogP contribution in [0.5, 0.6) is 11.5 Å². The number of nitrogens with zero attached hydrogens (tertiary/aromatic N) is 3. The van der Waals surface area contributed by atoms with E-state index in [1.54, 1.807) is 31.4 Å². The molecule has 3 heterocycles. The lowest BCUT2D eigenvalue weighted by Gasteiger charge is -2.39. The molecule has 1 saturated heterocycles. The van der Waals surface area contributed by atoms with Crippen molar-refractivity contribution in [2.75, 3.05) is 32.6 Å². The fourth-order valence-electron chi connectivity index (χ4n) is 3.25. The third-order valence-corrected chi connectivity index (χ3v) is 4.86. The summed E-state index contributed by atoms with van der Waals surface area (Å²) in [4.78, 5) is 17.7. The molecule has 1 aliphatic heterocycles. The van der Waals surface area contributed by atoms with Crippen molar-refractivity contribution in [3.8, 4) is 23.3 Å². The van der Waals surface area contributed by atoms with E-state index >= 15 is 0 Å². The van der Waals surface area contributed by atoms with Gasteiger partial charge < -0.3 is 19.7 Å². The molecule has 1 amide bonds. The van der Waals surface area contributed by atoms with Crippen molar-refractivity contribution in [1.29, 1.82) is 0 Å². The summed E-state index contributed by atoms with van der Waals surface area (Å²) in [7, 11) is 3.21. The van der Waals surface area contributed by atoms with E-state index in [2.05, 4.69) is 38.9 Å². The lowest BCUT2D eigenvalue weighted by atomic mass is 10.1. The Bertz CT molecular complexity index is 1150. The molecule has 3 aromatic rings. The lowest BCUT2D eigenvalue weighted by Crippen LogP contribution is -2.56. The van der Waals surface area contributed by atoms with Gasteiger partial charge in [-0.2, -0.15) is 5.10 Å². The maximum Gasteiger partial charge on any atom is 0.246 e. The Morgan fingerprint density at radius 2 is 2.00 bits per heavy atom. The first kappa shape index (κ1) is 19.3. The number of H-pyrrole nitrogens is 1. The van der Waals surface area contributed by atoms with Gasteiger partial charge in [0.05, 0.1) is 25.6 Å². The highest BCUT2D eigenvalue weighted by Crippen LogP contribution is 2.26. The smallest absolute Gasteiger partial charge is 0.246 e. The molecule has 152 valence electrons. The van der Waals surface area contributed by atoms with Gasteiger partial charge in [0.1, 0.15) is 11.5 Å². The standard InChI is InChI=1S/C22H21N5O3/c1-4-19(28)27-12-16(13-27)24-22-20-15(7-8-23-21(20)25-26-22)6-5-14-9-17(29-2)11-18(10-14)30-3/h4,7-11,16H,1,12-13H2,2-3H3,(H2,23,24,25,26). The first-order valence-corrected chi connectivity index (χ1v) is 9.37. The highest BCUT2D eigenvalue weighted by atomic mass is 16.5. The van der Waals surface area contributed by atoms with Crippen molar-refractivity contribution in [2.45, 2.75) is 6.04 Å². The van der Waals surface area contributed by atoms with E-state index < -0.39 is 0 Å². The number of amides is 1. The summed E-state index contributed by atoms with van der Waals surface area (Å²) in [5.74, 6) is 8.31. The predicted molar refractivity (Wildman–Crippen MR) is 114 cm³/mol. The molecule has 1 aliphatic rings. The molecular formula is C22H21N5O3. The number of nitrogens with one attached hydrogen (secondary N) is 2. The van der Waals surface area contributed by atoms with E-state index in [0.717, 1.165) is 16.5 Å². The summed E-state index contributed by atoms with van der Waals surface area (Å²) in [5.41, 5.74) is 2.20. The van der Waals surface area contributed by atoms with Gasteiger partial charge in [-0.05, 0) is 24.3 Å². The SMILES string of the molecule is C=CC(=O)N1CC(Nc2n[nH]c3nccc(C#Cc4cc(OC)cc(OC)c4)c23)C1. The van der Waals surface area contributed by atoms with Gasteiger partial charge in [0.15, 0.2) is 11.5 Å². The number of carbonyl (C=O) groups excluding carboxylic acids is 1. The predicted octanol–water partition coefficient (Wildman–Crippen LogP) is 2.18. The maximum atomic E-state index is 11.6. The van der Waals surface area contributed by atoms with Crippen LogP contribution in [0.15, 0.2) is 43.1 Å². The average molecular weight is 403 g/mol. The first-order chi connectivity index (χ1) is 14.6. The van der Waals surface area contributed by atoms with Crippen LogP contribution < -0.4 is 14.8 Å². The summed E-state index contributed by atoms with van der Waals surface area (Å²) < 4.78 is 10.6. The largest absolute Gasteiger partial charge is 0.497 e. The van der Waals surface area contributed by atoms with Crippen molar-refractivity contribution >= 4 is 22.8 Å². The Hall–Kier alpha value is -3.99. The number of fused-ring (bicyclic) bond motifs is 1. The van der Waals surface area contributed by atoms with Crippen LogP contribution >= 0.6 is 0 Å². The van der Waals surface area contributed by atoms with E-state index in [0.29, 0.717) is 36.1 Å². The second-order valence-corrected chi connectivity index (χ2v) is 6.79. The number of aromatic amines is 1. The van der Waals surface area contributed by atoms with E-state index in [4.69, 9.17) is 9.47 Å². The molecule has 0 bridgehead atoms. The topological polar surface area (TPSA) is 92.4 Å². The quantitative estimate of drug-likeness (QED) is 0.501. The van der Waals surface area contributed by atoms with Gasteiger partial charge in [0.25, 0.3) is 0 Å². The fraction of sp³-hybridized carbons (Fsp3) is 0.227. The number of ether oxygens (including phenoxy) is 2. The van der Waals surface area contributed by atoms with Crippen molar-refractivity contribution in [1.82, 2.24) is 20.1 Å². The molecule has 4 rings (SSSR count). The molecule has 1 aromatic carbocycles. The number of hydrogen-bond acceptors (Lipinski definition) is 6. The zero-order chi connectivity index (χ0) is 21.1. The molecule has 8 nitrogen and oxygen atoms in total. The number of rotatable bonds is 5. The monoisotopic (exact) mass is 403 g/mol. The molecule has 2 aromatic heterocycles. The van der Waals surface area contributed by atoms with Crippen LogP contribution in [0.2, 0.25) is 0 Å². The minimum absolute atomic E-state index is 0.0677. The Balaban J connectivity index is 1.61. The van der Waals surface area contributed by atoms with Gasteiger partial charge in [0.2, 0.25) is 5.91 Å². The third kappa shape index (κ3) is 3.78. The number of anilines is 1. The summed E-state index contributed by atoms with van der Waals surface area (Å²) in [5, 5.41) is 11.5. The second-order valence-electron chi connectivity index (χ2n) is 6.79. The van der Waals surface area contributed by atoms with E-state index in [1.807, 2.05) is 18.2 Å². The third-order valence-electron chi connectivity index (χ3n) is 4.86. The Labute approximate surface area is 173 Å². The van der Waals surface area contributed by atoms with Crippen molar-refractivity contribution in [3.63, 3.8) is 0 Å². The molecule has 0 saturated carbocycles. The normalized spacial score (nSPS) is 13.2. The van der Waals surface area contributed by atoms with Crippen LogP contribution in [0.4, 0.5) is 5.82 Å². The number of carbonyl (C=O) groups is 1. The number of methoxy groups -OCH3 is 2. The van der Waals surface area contributed by atoms with Crippen molar-refractivity contribution in [3.05, 3.63) is 54.2 Å². The number of pyridine rings is 1. The van der Waals surface area contributed by atoms with Crippen molar-refractivity contribution < 1.29 is 14.3 Å². The Morgan fingerprint density at radius 3 is 2.67 bits per heavy atom. The Morgan fingerprint density at radius 1 is 1.27 bits per heavy atom. The van der Waals surface area contributed by atoms with Crippen LogP contribution in [-0.2, 0) is 4.79 Å². The highest BCUT2D eigenvalue weighted by Gasteiger charge is 2.30. The molecule has 0 aliphatic carbocycles. The number of hydrogen-bond donors (Lipinski definition) is 2. The van der Waals surface area contributed by atoms with Gasteiger partial charge in [-0.3, -0.25) is 9.89 Å². The summed E-state index contributed by atoms with van der Waals surface area (Å²) in [6.07, 6.45) is 3.01. The highest BCUT2D eigenvalue weighted by molar-refractivity contribution is 5.93. The minimum atomic E-state index is -0.0677. The average Bonchev–Trinajstić information content (AvgIpc) is 3.17. The zero-order valence-corrected chi connectivity index (χ0v) is 16.7. The van der Waals surface area contributed by atoms with Gasteiger partial charge in [-0.1, -0.05) is 18.4 Å². The number of likely N-dealkylation sites (tertiary alicyclic amines) is 1. The Kier molecular flexibility index (Phi) is 5.26. The van der Waals surface area contributed by atoms with Gasteiger partial charge in [0, 0.05) is 36.5 Å². The van der Waals surface area contributed by atoms with E-state index in [9.17, 15) is 4.79 Å². The summed E-state index contributed by atoms with van der Waals surface area (Å²) >= 11 is 0. The van der Waals surface area contributed by atoms with Crippen LogP contribution in [-0.4, -0.2) is 59.3 Å². The summed E-state index contributed by atoms with van der Waals surface area (Å²) in [6.45, 7) is 4.72. The van der Waals surface area contributed by atoms with Gasteiger partial charge >= 0.3 is 0 Å². The first-order valence-electron chi connectivity index (χ1n) is 9.37. The fourth-order valence-corrected chi connectivity index (χ4v) is 3.25. The summed E-state index contributed by atoms with van der Waals surface area (Å²) in [6, 6.07) is 7.46. The maximum absolute atomic E-state index is 11.6. The van der Waals surface area contributed by atoms with E-state index in [1.165, 1.54) is 6.08 Å². The number of aromatic nitrogens is 3. The van der Waals surface area contributed by atoms with Crippen LogP contribution in [0, 0.1) is 11.8 Å². The zero-order valence-electron chi connectivity index (χ0n) is 16.7. The molecule has 0 spiro atoms. The molecule has 30 heavy (non-hydrogen) atoms. The molecule has 1 fully saturated rings. The molecular weight excluding hydrogens is 382 g/mol. The van der Waals surface area contributed by atoms with Gasteiger partial charge in [-0.25, -0.2) is 4.98 Å².